The van der Waals surface area contributed by atoms with Gasteiger partial charge >= 0.3 is 0 Å². The summed E-state index contributed by atoms with van der Waals surface area (Å²) in [6.07, 6.45) is 0. The molecule has 5 heteroatoms. The molecule has 3 N–H and O–H groups in total. The molecule has 0 atom stereocenters. The molecule has 1 aromatic rings. The van der Waals surface area contributed by atoms with E-state index in [0.29, 0.717) is 4.88 Å². The number of thiophene rings is 1. The topological polar surface area (TPSA) is 72.2 Å². The lowest BCUT2D eigenvalue weighted by atomic mass is 10.3. The normalized spacial score (nSPS) is 9.86. The Kier molecular flexibility index (Phi) is 3.24. The van der Waals surface area contributed by atoms with E-state index in [1.165, 1.54) is 11.3 Å². The van der Waals surface area contributed by atoms with Gasteiger partial charge in [0, 0.05) is 4.88 Å². The van der Waals surface area contributed by atoms with Crippen LogP contribution in [-0.2, 0) is 4.79 Å². The summed E-state index contributed by atoms with van der Waals surface area (Å²) in [6, 6.07) is 1.80. The van der Waals surface area contributed by atoms with Crippen molar-refractivity contribution in [3.8, 4) is 0 Å². The van der Waals surface area contributed by atoms with Gasteiger partial charge in [-0.1, -0.05) is 0 Å². The minimum Gasteiger partial charge on any atom is -0.368 e. The maximum atomic E-state index is 11.4. The van der Waals surface area contributed by atoms with Gasteiger partial charge in [0.15, 0.2) is 0 Å². The van der Waals surface area contributed by atoms with Crippen LogP contribution in [0.5, 0.6) is 0 Å². The molecule has 76 valence electrons. The van der Waals surface area contributed by atoms with E-state index in [2.05, 4.69) is 5.32 Å². The molecular formula is C9H12N2O2S. The Bertz CT molecular complexity index is 351. The summed E-state index contributed by atoms with van der Waals surface area (Å²) in [6.45, 7) is 3.77. The Morgan fingerprint density at radius 1 is 1.50 bits per heavy atom. The number of primary amides is 1. The van der Waals surface area contributed by atoms with Gasteiger partial charge in [0.2, 0.25) is 5.91 Å². The van der Waals surface area contributed by atoms with Crippen LogP contribution in [-0.4, -0.2) is 18.4 Å². The van der Waals surface area contributed by atoms with Gasteiger partial charge in [0.25, 0.3) is 5.91 Å². The third-order valence-electron chi connectivity index (χ3n) is 1.81. The number of hydrogen-bond donors (Lipinski definition) is 2. The van der Waals surface area contributed by atoms with Crippen molar-refractivity contribution in [2.75, 3.05) is 6.54 Å². The number of rotatable bonds is 3. The van der Waals surface area contributed by atoms with E-state index < -0.39 is 5.91 Å². The van der Waals surface area contributed by atoms with Gasteiger partial charge in [0.05, 0.1) is 11.4 Å². The average molecular weight is 212 g/mol. The van der Waals surface area contributed by atoms with Gasteiger partial charge < -0.3 is 11.1 Å². The number of carbonyl (C=O) groups excluding carboxylic acids is 2. The molecule has 0 aliphatic rings. The van der Waals surface area contributed by atoms with Gasteiger partial charge in [-0.15, -0.1) is 11.3 Å². The lowest BCUT2D eigenvalue weighted by molar-refractivity contribution is -0.117. The summed E-state index contributed by atoms with van der Waals surface area (Å²) in [5.41, 5.74) is 5.99. The van der Waals surface area contributed by atoms with Gasteiger partial charge in [-0.3, -0.25) is 9.59 Å². The first-order valence-corrected chi connectivity index (χ1v) is 4.96. The largest absolute Gasteiger partial charge is 0.368 e. The minimum absolute atomic E-state index is 0.116. The third kappa shape index (κ3) is 2.56. The molecule has 2 amide bonds. The van der Waals surface area contributed by atoms with Crippen molar-refractivity contribution >= 4 is 23.2 Å². The molecule has 1 heterocycles. The zero-order valence-corrected chi connectivity index (χ0v) is 8.90. The predicted octanol–water partition coefficient (Wildman–Crippen LogP) is 0.580. The number of nitrogens with one attached hydrogen (secondary N) is 1. The molecule has 0 fully saturated rings. The first-order chi connectivity index (χ1) is 6.50. The molecule has 1 rings (SSSR count). The second-order valence-corrected chi connectivity index (χ2v) is 4.26. The molecule has 0 bridgehead atoms. The average Bonchev–Trinajstić information content (AvgIpc) is 2.43. The van der Waals surface area contributed by atoms with Crippen LogP contribution in [0.25, 0.3) is 0 Å². The molecule has 0 aromatic carbocycles. The predicted molar refractivity (Wildman–Crippen MR) is 55.3 cm³/mol. The van der Waals surface area contributed by atoms with Gasteiger partial charge in [-0.2, -0.15) is 0 Å². The summed E-state index contributed by atoms with van der Waals surface area (Å²) in [7, 11) is 0. The molecule has 1 aromatic heterocycles. The molecule has 0 saturated heterocycles. The molecule has 14 heavy (non-hydrogen) atoms. The highest BCUT2D eigenvalue weighted by molar-refractivity contribution is 7.14. The first kappa shape index (κ1) is 10.7. The van der Waals surface area contributed by atoms with E-state index in [4.69, 9.17) is 5.73 Å². The molecule has 0 saturated carbocycles. The number of nitrogens with two attached hydrogens (primary N) is 1. The van der Waals surface area contributed by atoms with Crippen LogP contribution in [0.1, 0.15) is 20.1 Å². The van der Waals surface area contributed by atoms with Crippen LogP contribution >= 0.6 is 11.3 Å². The van der Waals surface area contributed by atoms with Crippen molar-refractivity contribution in [2.45, 2.75) is 13.8 Å². The lowest BCUT2D eigenvalue weighted by Gasteiger charge is -1.98. The number of aryl methyl sites for hydroxylation is 2. The summed E-state index contributed by atoms with van der Waals surface area (Å²) in [5.74, 6) is -0.784. The van der Waals surface area contributed by atoms with Crippen LogP contribution in [0, 0.1) is 13.8 Å². The van der Waals surface area contributed by atoms with E-state index in [9.17, 15) is 9.59 Å². The van der Waals surface area contributed by atoms with Gasteiger partial charge in [-0.05, 0) is 25.5 Å². The number of hydrogen-bond acceptors (Lipinski definition) is 3. The highest BCUT2D eigenvalue weighted by Crippen LogP contribution is 2.20. The fraction of sp³-hybridized carbons (Fsp3) is 0.333. The Balaban J connectivity index is 2.65. The van der Waals surface area contributed by atoms with Gasteiger partial charge in [0.1, 0.15) is 0 Å². The Labute approximate surface area is 86.1 Å². The van der Waals surface area contributed by atoms with Crippen LogP contribution in [0.2, 0.25) is 0 Å². The Morgan fingerprint density at radius 3 is 2.57 bits per heavy atom. The summed E-state index contributed by atoms with van der Waals surface area (Å²) >= 11 is 1.41. The van der Waals surface area contributed by atoms with Gasteiger partial charge in [-0.25, -0.2) is 0 Å². The Morgan fingerprint density at radius 2 is 2.14 bits per heavy atom. The van der Waals surface area contributed by atoms with Crippen LogP contribution in [0.4, 0.5) is 0 Å². The van der Waals surface area contributed by atoms with E-state index in [-0.39, 0.29) is 12.5 Å². The van der Waals surface area contributed by atoms with Crippen molar-refractivity contribution in [3.05, 3.63) is 21.4 Å². The lowest BCUT2D eigenvalue weighted by Crippen LogP contribution is -2.32. The fourth-order valence-electron chi connectivity index (χ4n) is 0.940. The van der Waals surface area contributed by atoms with Crippen LogP contribution in [0.15, 0.2) is 6.07 Å². The summed E-state index contributed by atoms with van der Waals surface area (Å²) in [4.78, 5) is 23.5. The van der Waals surface area contributed by atoms with E-state index >= 15 is 0 Å². The van der Waals surface area contributed by atoms with Crippen molar-refractivity contribution in [3.63, 3.8) is 0 Å². The van der Waals surface area contributed by atoms with E-state index in [1.54, 1.807) is 6.07 Å². The number of amides is 2. The molecule has 4 nitrogen and oxygen atoms in total. The molecule has 0 aliphatic carbocycles. The van der Waals surface area contributed by atoms with Crippen molar-refractivity contribution in [2.24, 2.45) is 5.73 Å². The molecular weight excluding hydrogens is 200 g/mol. The number of carbonyl (C=O) groups is 2. The van der Waals surface area contributed by atoms with Crippen LogP contribution in [0.3, 0.4) is 0 Å². The monoisotopic (exact) mass is 212 g/mol. The fourth-order valence-corrected chi connectivity index (χ4v) is 1.89. The van der Waals surface area contributed by atoms with Crippen molar-refractivity contribution in [1.82, 2.24) is 5.32 Å². The second-order valence-electron chi connectivity index (χ2n) is 3.00. The highest BCUT2D eigenvalue weighted by atomic mass is 32.1. The zero-order valence-electron chi connectivity index (χ0n) is 8.09. The third-order valence-corrected chi connectivity index (χ3v) is 2.96. The maximum Gasteiger partial charge on any atom is 0.261 e. The molecule has 0 radical (unpaired) electrons. The zero-order chi connectivity index (χ0) is 10.7. The SMILES string of the molecule is Cc1cc(C(=O)NCC(N)=O)sc1C. The summed E-state index contributed by atoms with van der Waals surface area (Å²) < 4.78 is 0. The standard InChI is InChI=1S/C9H12N2O2S/c1-5-3-7(14-6(5)2)9(13)11-4-8(10)12/h3H,4H2,1-2H3,(H2,10,12)(H,11,13). The smallest absolute Gasteiger partial charge is 0.261 e. The Hall–Kier alpha value is -1.36. The van der Waals surface area contributed by atoms with E-state index in [0.717, 1.165) is 10.4 Å². The van der Waals surface area contributed by atoms with Crippen molar-refractivity contribution in [1.29, 1.82) is 0 Å². The highest BCUT2D eigenvalue weighted by Gasteiger charge is 2.10. The van der Waals surface area contributed by atoms with Crippen LogP contribution < -0.4 is 11.1 Å². The first-order valence-electron chi connectivity index (χ1n) is 4.14. The molecule has 0 aliphatic heterocycles. The maximum absolute atomic E-state index is 11.4. The minimum atomic E-state index is -0.539. The summed E-state index contributed by atoms with van der Waals surface area (Å²) in [5, 5.41) is 2.44. The second kappa shape index (κ2) is 4.23. The molecule has 0 spiro atoms. The van der Waals surface area contributed by atoms with Crippen molar-refractivity contribution < 1.29 is 9.59 Å². The quantitative estimate of drug-likeness (QED) is 0.769. The van der Waals surface area contributed by atoms with E-state index in [1.807, 2.05) is 13.8 Å². The molecule has 0 unspecified atom stereocenters.